The molecule has 3 saturated heterocycles. The third-order valence-corrected chi connectivity index (χ3v) is 6.52. The number of benzene rings is 1. The molecule has 0 aromatic heterocycles. The van der Waals surface area contributed by atoms with Crippen molar-refractivity contribution < 1.29 is 14.0 Å². The summed E-state index contributed by atoms with van der Waals surface area (Å²) in [6.07, 6.45) is 2.17. The van der Waals surface area contributed by atoms with Crippen molar-refractivity contribution in [2.45, 2.75) is 56.4 Å². The predicted octanol–water partition coefficient (Wildman–Crippen LogP) is 1.01. The van der Waals surface area contributed by atoms with Gasteiger partial charge in [-0.25, -0.2) is 4.39 Å². The molecule has 1 aromatic rings. The zero-order valence-corrected chi connectivity index (χ0v) is 16.5. The third-order valence-electron chi connectivity index (χ3n) is 6.52. The van der Waals surface area contributed by atoms with Gasteiger partial charge in [-0.3, -0.25) is 14.5 Å². The standard InChI is InChI=1S/C21H26FN5O2/c1-13(16-6-2-3-7-17(16)22)27-15-9-19(21(27)29)25(11-15)12-18(24)20(28)26-8-4-5-14(26)10-23/h2-3,6-7,13-15,18-19H,4-5,8-9,11-12,24H2,1H3/t13-,14+,15?,18+,19-/m1/s1. The molecule has 3 aliphatic rings. The molecule has 8 heteroatoms. The number of nitrogens with zero attached hydrogens (tertiary/aromatic N) is 4. The lowest BCUT2D eigenvalue weighted by Gasteiger charge is -2.38. The molecular weight excluding hydrogens is 373 g/mol. The van der Waals surface area contributed by atoms with Crippen molar-refractivity contribution in [3.8, 4) is 6.07 Å². The average Bonchev–Trinajstić information content (AvgIpc) is 3.41. The Bertz CT molecular complexity index is 856. The van der Waals surface area contributed by atoms with Crippen molar-refractivity contribution in [1.82, 2.24) is 14.7 Å². The number of nitrogens with two attached hydrogens (primary N) is 1. The van der Waals surface area contributed by atoms with Gasteiger partial charge in [0.05, 0.1) is 24.2 Å². The highest BCUT2D eigenvalue weighted by Crippen LogP contribution is 2.38. The summed E-state index contributed by atoms with van der Waals surface area (Å²) in [6, 6.07) is 6.88. The molecule has 3 heterocycles. The van der Waals surface area contributed by atoms with E-state index in [0.29, 0.717) is 38.0 Å². The number of rotatable bonds is 5. The van der Waals surface area contributed by atoms with Crippen LogP contribution in [0.5, 0.6) is 0 Å². The number of carbonyl (C=O) groups is 2. The average molecular weight is 399 g/mol. The fourth-order valence-electron chi connectivity index (χ4n) is 5.07. The molecule has 0 aliphatic carbocycles. The van der Waals surface area contributed by atoms with Crippen LogP contribution in [0, 0.1) is 17.1 Å². The highest BCUT2D eigenvalue weighted by Gasteiger charge is 2.51. The number of piperazine rings is 1. The maximum atomic E-state index is 14.2. The van der Waals surface area contributed by atoms with Crippen molar-refractivity contribution in [2.24, 2.45) is 5.73 Å². The molecule has 29 heavy (non-hydrogen) atoms. The molecule has 2 amide bonds. The molecule has 154 valence electrons. The van der Waals surface area contributed by atoms with E-state index in [1.54, 1.807) is 28.0 Å². The minimum atomic E-state index is -0.756. The van der Waals surface area contributed by atoms with Gasteiger partial charge in [-0.15, -0.1) is 0 Å². The van der Waals surface area contributed by atoms with E-state index in [1.165, 1.54) is 6.07 Å². The van der Waals surface area contributed by atoms with E-state index < -0.39 is 12.1 Å². The van der Waals surface area contributed by atoms with E-state index in [1.807, 2.05) is 11.8 Å². The van der Waals surface area contributed by atoms with Gasteiger partial charge in [-0.2, -0.15) is 5.26 Å². The Kier molecular flexibility index (Phi) is 5.28. The summed E-state index contributed by atoms with van der Waals surface area (Å²) in [4.78, 5) is 31.0. The molecule has 2 bridgehead atoms. The van der Waals surface area contributed by atoms with Crippen LogP contribution in [-0.4, -0.2) is 70.3 Å². The second-order valence-electron chi connectivity index (χ2n) is 8.23. The normalized spacial score (nSPS) is 28.6. The van der Waals surface area contributed by atoms with Crippen LogP contribution in [0.2, 0.25) is 0 Å². The van der Waals surface area contributed by atoms with Crippen molar-refractivity contribution in [3.05, 3.63) is 35.6 Å². The maximum Gasteiger partial charge on any atom is 0.241 e. The van der Waals surface area contributed by atoms with E-state index in [4.69, 9.17) is 5.73 Å². The van der Waals surface area contributed by atoms with Crippen molar-refractivity contribution in [1.29, 1.82) is 5.26 Å². The summed E-state index contributed by atoms with van der Waals surface area (Å²) in [6.45, 7) is 3.33. The molecule has 4 rings (SSSR count). The Hall–Kier alpha value is -2.50. The van der Waals surface area contributed by atoms with Crippen LogP contribution in [-0.2, 0) is 9.59 Å². The molecule has 3 aliphatic heterocycles. The molecule has 1 aromatic carbocycles. The van der Waals surface area contributed by atoms with Crippen LogP contribution in [0.15, 0.2) is 24.3 Å². The summed E-state index contributed by atoms with van der Waals surface area (Å²) >= 11 is 0. The Morgan fingerprint density at radius 1 is 1.41 bits per heavy atom. The molecular formula is C21H26FN5O2. The first kappa shape index (κ1) is 19.8. The summed E-state index contributed by atoms with van der Waals surface area (Å²) in [5.41, 5.74) is 6.68. The predicted molar refractivity (Wildman–Crippen MR) is 104 cm³/mol. The van der Waals surface area contributed by atoms with Gasteiger partial charge in [0.1, 0.15) is 11.9 Å². The molecule has 5 atom stereocenters. The van der Waals surface area contributed by atoms with E-state index in [2.05, 4.69) is 6.07 Å². The lowest BCUT2D eigenvalue weighted by molar-refractivity contribution is -0.141. The van der Waals surface area contributed by atoms with Gasteiger partial charge in [0, 0.05) is 31.2 Å². The third kappa shape index (κ3) is 3.38. The minimum absolute atomic E-state index is 0.0111. The molecule has 0 spiro atoms. The van der Waals surface area contributed by atoms with E-state index in [9.17, 15) is 19.2 Å². The highest BCUT2D eigenvalue weighted by molar-refractivity contribution is 5.87. The fraction of sp³-hybridized carbons (Fsp3) is 0.571. The van der Waals surface area contributed by atoms with E-state index in [-0.39, 0.29) is 35.8 Å². The number of nitriles is 1. The number of likely N-dealkylation sites (tertiary alicyclic amines) is 3. The summed E-state index contributed by atoms with van der Waals surface area (Å²) < 4.78 is 14.2. The lowest BCUT2D eigenvalue weighted by Crippen LogP contribution is -2.56. The Labute approximate surface area is 169 Å². The Balaban J connectivity index is 1.40. The molecule has 7 nitrogen and oxygen atoms in total. The van der Waals surface area contributed by atoms with Crippen LogP contribution in [0.3, 0.4) is 0 Å². The second kappa shape index (κ2) is 7.73. The number of carbonyl (C=O) groups excluding carboxylic acids is 2. The smallest absolute Gasteiger partial charge is 0.241 e. The van der Waals surface area contributed by atoms with Crippen LogP contribution >= 0.6 is 0 Å². The molecule has 3 fully saturated rings. The largest absolute Gasteiger partial charge is 0.330 e. The van der Waals surface area contributed by atoms with Gasteiger partial charge >= 0.3 is 0 Å². The van der Waals surface area contributed by atoms with Crippen LogP contribution in [0.4, 0.5) is 4.39 Å². The van der Waals surface area contributed by atoms with Gasteiger partial charge in [0.2, 0.25) is 11.8 Å². The first-order chi connectivity index (χ1) is 13.9. The number of fused-ring (bicyclic) bond motifs is 2. The minimum Gasteiger partial charge on any atom is -0.330 e. The number of hydrogen-bond acceptors (Lipinski definition) is 5. The maximum absolute atomic E-state index is 14.2. The highest BCUT2D eigenvalue weighted by atomic mass is 19.1. The van der Waals surface area contributed by atoms with Gasteiger partial charge in [-0.1, -0.05) is 18.2 Å². The molecule has 1 unspecified atom stereocenters. The first-order valence-corrected chi connectivity index (χ1v) is 10.2. The lowest BCUT2D eigenvalue weighted by atomic mass is 10.0. The van der Waals surface area contributed by atoms with Gasteiger partial charge in [-0.05, 0) is 32.3 Å². The van der Waals surface area contributed by atoms with Crippen LogP contribution < -0.4 is 5.73 Å². The van der Waals surface area contributed by atoms with E-state index in [0.717, 1.165) is 6.42 Å². The zero-order chi connectivity index (χ0) is 20.7. The molecule has 0 saturated carbocycles. The number of hydrogen-bond donors (Lipinski definition) is 1. The van der Waals surface area contributed by atoms with Gasteiger partial charge in [0.15, 0.2) is 0 Å². The molecule has 0 radical (unpaired) electrons. The SMILES string of the molecule is C[C@H](c1ccccc1F)N1C(=O)[C@H]2CC1CN2C[C@H](N)C(=O)N1CCC[C@H]1C#N. The summed E-state index contributed by atoms with van der Waals surface area (Å²) in [7, 11) is 0. The first-order valence-electron chi connectivity index (χ1n) is 10.2. The number of halogens is 1. The summed E-state index contributed by atoms with van der Waals surface area (Å²) in [5.74, 6) is -0.564. The monoisotopic (exact) mass is 399 g/mol. The van der Waals surface area contributed by atoms with Gasteiger partial charge in [0.25, 0.3) is 0 Å². The van der Waals surface area contributed by atoms with Crippen molar-refractivity contribution in [3.63, 3.8) is 0 Å². The molecule has 2 N–H and O–H groups in total. The van der Waals surface area contributed by atoms with Crippen LogP contribution in [0.1, 0.15) is 37.8 Å². The quantitative estimate of drug-likeness (QED) is 0.798. The Morgan fingerprint density at radius 3 is 2.86 bits per heavy atom. The van der Waals surface area contributed by atoms with Crippen LogP contribution in [0.25, 0.3) is 0 Å². The van der Waals surface area contributed by atoms with Crippen molar-refractivity contribution in [2.75, 3.05) is 19.6 Å². The Morgan fingerprint density at radius 2 is 2.17 bits per heavy atom. The topological polar surface area (TPSA) is 93.7 Å². The summed E-state index contributed by atoms with van der Waals surface area (Å²) in [5, 5.41) is 9.19. The van der Waals surface area contributed by atoms with Crippen molar-refractivity contribution >= 4 is 11.8 Å². The number of amides is 2. The van der Waals surface area contributed by atoms with E-state index >= 15 is 0 Å². The zero-order valence-electron chi connectivity index (χ0n) is 16.5. The second-order valence-corrected chi connectivity index (χ2v) is 8.23. The van der Waals surface area contributed by atoms with Gasteiger partial charge < -0.3 is 15.5 Å². The fourth-order valence-corrected chi connectivity index (χ4v) is 5.07.